The van der Waals surface area contributed by atoms with E-state index >= 15 is 0 Å². The van der Waals surface area contributed by atoms with Gasteiger partial charge in [0.2, 0.25) is 5.91 Å². The fraction of sp³-hybridized carbons (Fsp3) is 0.238. The molecule has 0 aliphatic rings. The van der Waals surface area contributed by atoms with Gasteiger partial charge in [0.25, 0.3) is 0 Å². The average molecular weight is 366 g/mol. The van der Waals surface area contributed by atoms with E-state index in [0.717, 1.165) is 17.0 Å². The topological polar surface area (TPSA) is 38.1 Å². The lowest BCUT2D eigenvalue weighted by Crippen LogP contribution is -2.32. The third-order valence-corrected chi connectivity index (χ3v) is 5.34. The van der Waals surface area contributed by atoms with Crippen molar-refractivity contribution in [1.29, 1.82) is 0 Å². The van der Waals surface area contributed by atoms with Gasteiger partial charge in [-0.3, -0.25) is 4.79 Å². The monoisotopic (exact) mass is 365 g/mol. The number of carbonyl (C=O) groups is 1. The molecule has 0 radical (unpaired) electrons. The number of para-hydroxylation sites is 1. The highest BCUT2D eigenvalue weighted by molar-refractivity contribution is 7.99. The van der Waals surface area contributed by atoms with E-state index < -0.39 is 0 Å². The largest absolute Gasteiger partial charge is 0.340 e. The minimum Gasteiger partial charge on any atom is -0.340 e. The Hall–Kier alpha value is -2.53. The van der Waals surface area contributed by atoms with Gasteiger partial charge in [-0.1, -0.05) is 48.5 Å². The molecule has 4 nitrogen and oxygen atoms in total. The zero-order valence-electron chi connectivity index (χ0n) is 15.1. The molecule has 3 aromatic rings. The van der Waals surface area contributed by atoms with Gasteiger partial charge in [0, 0.05) is 31.1 Å². The van der Waals surface area contributed by atoms with E-state index in [1.807, 2.05) is 79.6 Å². The van der Waals surface area contributed by atoms with Crippen LogP contribution in [0.5, 0.6) is 0 Å². The SMILES string of the molecule is CC(SCc1ccccc1)C(=O)N(C)Cc1cnn(-c2ccccc2)c1. The maximum atomic E-state index is 12.6. The van der Waals surface area contributed by atoms with Crippen LogP contribution in [-0.4, -0.2) is 32.9 Å². The number of rotatable bonds is 7. The highest BCUT2D eigenvalue weighted by Gasteiger charge is 2.18. The van der Waals surface area contributed by atoms with E-state index in [2.05, 4.69) is 17.2 Å². The van der Waals surface area contributed by atoms with E-state index in [-0.39, 0.29) is 11.2 Å². The molecule has 0 fully saturated rings. The second-order valence-electron chi connectivity index (χ2n) is 6.26. The van der Waals surface area contributed by atoms with Gasteiger partial charge in [0.05, 0.1) is 17.1 Å². The molecule has 0 bridgehead atoms. The predicted octanol–water partition coefficient (Wildman–Crippen LogP) is 4.15. The number of hydrogen-bond donors (Lipinski definition) is 0. The first-order valence-electron chi connectivity index (χ1n) is 8.63. The molecule has 1 heterocycles. The molecule has 134 valence electrons. The lowest BCUT2D eigenvalue weighted by Gasteiger charge is -2.20. The summed E-state index contributed by atoms with van der Waals surface area (Å²) in [7, 11) is 1.85. The van der Waals surface area contributed by atoms with Crippen LogP contribution in [0.2, 0.25) is 0 Å². The summed E-state index contributed by atoms with van der Waals surface area (Å²) in [6.07, 6.45) is 3.79. The highest BCUT2D eigenvalue weighted by Crippen LogP contribution is 2.20. The van der Waals surface area contributed by atoms with Crippen molar-refractivity contribution in [2.24, 2.45) is 0 Å². The molecule has 1 unspecified atom stereocenters. The molecular weight excluding hydrogens is 342 g/mol. The number of amides is 1. The second kappa shape index (κ2) is 8.72. The van der Waals surface area contributed by atoms with Gasteiger partial charge in [-0.2, -0.15) is 5.10 Å². The molecule has 0 N–H and O–H groups in total. The molecule has 0 aliphatic carbocycles. The Bertz CT molecular complexity index is 833. The van der Waals surface area contributed by atoms with Crippen molar-refractivity contribution in [1.82, 2.24) is 14.7 Å². The molecule has 1 aromatic heterocycles. The average Bonchev–Trinajstić information content (AvgIpc) is 3.15. The van der Waals surface area contributed by atoms with E-state index in [1.165, 1.54) is 5.56 Å². The van der Waals surface area contributed by atoms with Gasteiger partial charge in [-0.15, -0.1) is 11.8 Å². The lowest BCUT2D eigenvalue weighted by molar-refractivity contribution is -0.129. The van der Waals surface area contributed by atoms with Crippen LogP contribution in [0.3, 0.4) is 0 Å². The Labute approximate surface area is 158 Å². The van der Waals surface area contributed by atoms with Crippen LogP contribution in [0.25, 0.3) is 5.69 Å². The van der Waals surface area contributed by atoms with Crippen molar-refractivity contribution in [2.45, 2.75) is 24.5 Å². The maximum absolute atomic E-state index is 12.6. The van der Waals surface area contributed by atoms with Crippen LogP contribution >= 0.6 is 11.8 Å². The molecule has 1 amide bonds. The summed E-state index contributed by atoms with van der Waals surface area (Å²) in [6, 6.07) is 20.2. The minimum absolute atomic E-state index is 0.0793. The van der Waals surface area contributed by atoms with Crippen molar-refractivity contribution >= 4 is 17.7 Å². The van der Waals surface area contributed by atoms with Gasteiger partial charge in [0.1, 0.15) is 0 Å². The first-order chi connectivity index (χ1) is 12.6. The van der Waals surface area contributed by atoms with Crippen molar-refractivity contribution < 1.29 is 4.79 Å². The molecule has 2 aromatic carbocycles. The number of benzene rings is 2. The molecule has 0 aliphatic heterocycles. The number of hydrogen-bond acceptors (Lipinski definition) is 3. The van der Waals surface area contributed by atoms with E-state index in [4.69, 9.17) is 0 Å². The van der Waals surface area contributed by atoms with Crippen molar-refractivity contribution in [3.8, 4) is 5.69 Å². The number of carbonyl (C=O) groups excluding carboxylic acids is 1. The smallest absolute Gasteiger partial charge is 0.235 e. The third-order valence-electron chi connectivity index (χ3n) is 4.14. The van der Waals surface area contributed by atoms with Crippen LogP contribution in [0, 0.1) is 0 Å². The first-order valence-corrected chi connectivity index (χ1v) is 9.68. The Morgan fingerprint density at radius 3 is 2.42 bits per heavy atom. The van der Waals surface area contributed by atoms with E-state index in [1.54, 1.807) is 16.7 Å². The molecule has 5 heteroatoms. The van der Waals surface area contributed by atoms with Gasteiger partial charge >= 0.3 is 0 Å². The van der Waals surface area contributed by atoms with Crippen LogP contribution < -0.4 is 0 Å². The fourth-order valence-electron chi connectivity index (χ4n) is 2.69. The summed E-state index contributed by atoms with van der Waals surface area (Å²) in [5.74, 6) is 0.978. The van der Waals surface area contributed by atoms with Crippen molar-refractivity contribution in [3.63, 3.8) is 0 Å². The van der Waals surface area contributed by atoms with Crippen LogP contribution in [-0.2, 0) is 17.1 Å². The van der Waals surface area contributed by atoms with E-state index in [0.29, 0.717) is 6.54 Å². The molecule has 26 heavy (non-hydrogen) atoms. The standard InChI is InChI=1S/C21H23N3OS/c1-17(26-16-18-9-5-3-6-10-18)21(25)23(2)14-19-13-22-24(15-19)20-11-7-4-8-12-20/h3-13,15,17H,14,16H2,1-2H3. The molecule has 1 atom stereocenters. The van der Waals surface area contributed by atoms with Crippen molar-refractivity contribution in [2.75, 3.05) is 7.05 Å². The van der Waals surface area contributed by atoms with Gasteiger partial charge < -0.3 is 4.90 Å². The van der Waals surface area contributed by atoms with Gasteiger partial charge in [-0.05, 0) is 24.6 Å². The Balaban J connectivity index is 1.54. The highest BCUT2D eigenvalue weighted by atomic mass is 32.2. The predicted molar refractivity (Wildman–Crippen MR) is 107 cm³/mol. The molecule has 3 rings (SSSR count). The molecular formula is C21H23N3OS. The van der Waals surface area contributed by atoms with E-state index in [9.17, 15) is 4.79 Å². The number of thioether (sulfide) groups is 1. The maximum Gasteiger partial charge on any atom is 0.235 e. The third kappa shape index (κ3) is 4.76. The number of nitrogens with zero attached hydrogens (tertiary/aromatic N) is 3. The summed E-state index contributed by atoms with van der Waals surface area (Å²) in [5, 5.41) is 4.31. The number of aromatic nitrogens is 2. The normalized spacial score (nSPS) is 11.9. The quantitative estimate of drug-likeness (QED) is 0.631. The first kappa shape index (κ1) is 18.3. The minimum atomic E-state index is -0.0793. The summed E-state index contributed by atoms with van der Waals surface area (Å²) in [5.41, 5.74) is 3.27. The fourth-order valence-corrected chi connectivity index (χ4v) is 3.65. The van der Waals surface area contributed by atoms with Crippen LogP contribution in [0.1, 0.15) is 18.1 Å². The summed E-state index contributed by atoms with van der Waals surface area (Å²) in [4.78, 5) is 14.4. The van der Waals surface area contributed by atoms with Gasteiger partial charge in [0.15, 0.2) is 0 Å². The molecule has 0 saturated heterocycles. The Morgan fingerprint density at radius 1 is 1.08 bits per heavy atom. The summed E-state index contributed by atoms with van der Waals surface area (Å²) < 4.78 is 1.83. The summed E-state index contributed by atoms with van der Waals surface area (Å²) >= 11 is 1.67. The summed E-state index contributed by atoms with van der Waals surface area (Å²) in [6.45, 7) is 2.53. The second-order valence-corrected chi connectivity index (χ2v) is 7.59. The Morgan fingerprint density at radius 2 is 1.73 bits per heavy atom. The Kier molecular flexibility index (Phi) is 6.12. The van der Waals surface area contributed by atoms with Crippen LogP contribution in [0.15, 0.2) is 73.1 Å². The zero-order chi connectivity index (χ0) is 18.4. The molecule has 0 spiro atoms. The molecule has 0 saturated carbocycles. The van der Waals surface area contributed by atoms with Crippen LogP contribution in [0.4, 0.5) is 0 Å². The lowest BCUT2D eigenvalue weighted by atomic mass is 10.2. The van der Waals surface area contributed by atoms with Gasteiger partial charge in [-0.25, -0.2) is 4.68 Å². The zero-order valence-corrected chi connectivity index (χ0v) is 15.9. The van der Waals surface area contributed by atoms with Crippen molar-refractivity contribution in [3.05, 3.63) is 84.2 Å².